The average Bonchev–Trinajstić information content (AvgIpc) is 2.62. The van der Waals surface area contributed by atoms with Crippen molar-refractivity contribution >= 4 is 5.91 Å². The van der Waals surface area contributed by atoms with E-state index >= 15 is 0 Å². The maximum absolute atomic E-state index is 11.8. The van der Waals surface area contributed by atoms with Crippen molar-refractivity contribution in [2.75, 3.05) is 39.3 Å². The van der Waals surface area contributed by atoms with E-state index in [1.54, 1.807) is 6.92 Å². The van der Waals surface area contributed by atoms with Crippen LogP contribution in [0.4, 0.5) is 0 Å². The van der Waals surface area contributed by atoms with Crippen molar-refractivity contribution in [2.24, 2.45) is 5.73 Å². The lowest BCUT2D eigenvalue weighted by molar-refractivity contribution is -0.923. The molecule has 0 aliphatic heterocycles. The van der Waals surface area contributed by atoms with Gasteiger partial charge in [0.15, 0.2) is 0 Å². The molecule has 0 spiro atoms. The van der Waals surface area contributed by atoms with Crippen LogP contribution in [0, 0.1) is 0 Å². The molecule has 1 atom stereocenters. The molecule has 0 bridgehead atoms. The molecule has 0 saturated carbocycles. The van der Waals surface area contributed by atoms with Crippen LogP contribution in [0.5, 0.6) is 0 Å². The summed E-state index contributed by atoms with van der Waals surface area (Å²) in [5, 5.41) is 2.88. The number of likely N-dealkylation sites (N-methyl/N-ethyl adjacent to an activating group) is 1. The molecule has 1 aromatic carbocycles. The molecule has 5 heteroatoms. The lowest BCUT2D eigenvalue weighted by Crippen LogP contribution is -2.49. The first-order valence-electron chi connectivity index (χ1n) is 9.19. The number of quaternary nitrogens is 1. The van der Waals surface area contributed by atoms with E-state index < -0.39 is 0 Å². The third-order valence-electron chi connectivity index (χ3n) is 4.89. The number of ether oxygens (including phenoxy) is 1. The van der Waals surface area contributed by atoms with E-state index in [2.05, 4.69) is 26.1 Å². The van der Waals surface area contributed by atoms with Crippen LogP contribution in [-0.2, 0) is 9.53 Å². The van der Waals surface area contributed by atoms with Gasteiger partial charge in [-0.3, -0.25) is 4.79 Å². The quantitative estimate of drug-likeness (QED) is 0.477. The largest absolute Gasteiger partial charge is 0.402 e. The zero-order valence-corrected chi connectivity index (χ0v) is 16.1. The van der Waals surface area contributed by atoms with Gasteiger partial charge in [0.2, 0.25) is 5.91 Å². The van der Waals surface area contributed by atoms with Gasteiger partial charge in [0.1, 0.15) is 12.6 Å². The summed E-state index contributed by atoms with van der Waals surface area (Å²) in [5.41, 5.74) is 7.11. The van der Waals surface area contributed by atoms with E-state index in [9.17, 15) is 4.79 Å². The first kappa shape index (κ1) is 21.2. The molecule has 25 heavy (non-hydrogen) atoms. The van der Waals surface area contributed by atoms with Crippen LogP contribution in [0.25, 0.3) is 0 Å². The topological polar surface area (TPSA) is 64.3 Å². The molecule has 1 aromatic rings. The summed E-state index contributed by atoms with van der Waals surface area (Å²) in [5.74, 6) is -0.190. The molecule has 5 nitrogen and oxygen atoms in total. The van der Waals surface area contributed by atoms with E-state index in [-0.39, 0.29) is 12.0 Å². The maximum atomic E-state index is 11.8. The van der Waals surface area contributed by atoms with Gasteiger partial charge in [-0.2, -0.15) is 0 Å². The average molecular weight is 349 g/mol. The molecule has 0 heterocycles. The molecule has 0 aliphatic rings. The zero-order chi connectivity index (χ0) is 18.7. The first-order valence-corrected chi connectivity index (χ1v) is 9.19. The number of amides is 1. The summed E-state index contributed by atoms with van der Waals surface area (Å²) in [4.78, 5) is 11.8. The number of rotatable bonds is 11. The van der Waals surface area contributed by atoms with Crippen LogP contribution in [0.15, 0.2) is 42.1 Å². The van der Waals surface area contributed by atoms with Gasteiger partial charge < -0.3 is 20.3 Å². The highest BCUT2D eigenvalue weighted by molar-refractivity contribution is 5.87. The summed E-state index contributed by atoms with van der Waals surface area (Å²) in [6.07, 6.45) is 1.24. The standard InChI is InChI=1S/C20H33N3O2/c1-5-23(6-2,7-3)13-14-25-19(18-11-9-8-10-12-18)16-22-20(24)15-17(4)21/h8-12,15,19H,5-7,13-14,16H2,1-4H3,(H2-,21,22,24)/p+1. The first-order chi connectivity index (χ1) is 12.0. The second-order valence-corrected chi connectivity index (χ2v) is 6.42. The van der Waals surface area contributed by atoms with E-state index in [1.807, 2.05) is 30.3 Å². The van der Waals surface area contributed by atoms with Crippen LogP contribution >= 0.6 is 0 Å². The number of nitrogens with zero attached hydrogens (tertiary/aromatic N) is 1. The number of carbonyl (C=O) groups is 1. The molecular formula is C20H34N3O2+. The van der Waals surface area contributed by atoms with Crippen molar-refractivity contribution in [3.63, 3.8) is 0 Å². The highest BCUT2D eigenvalue weighted by atomic mass is 16.5. The number of hydrogen-bond acceptors (Lipinski definition) is 3. The van der Waals surface area contributed by atoms with E-state index in [0.717, 1.165) is 36.2 Å². The third-order valence-corrected chi connectivity index (χ3v) is 4.89. The summed E-state index contributed by atoms with van der Waals surface area (Å²) >= 11 is 0. The number of nitrogens with two attached hydrogens (primary N) is 1. The second kappa shape index (κ2) is 10.9. The Labute approximate surface area is 152 Å². The molecule has 140 valence electrons. The molecule has 0 radical (unpaired) electrons. The molecule has 1 rings (SSSR count). The normalized spacial score (nSPS) is 13.5. The van der Waals surface area contributed by atoms with Gasteiger partial charge in [-0.15, -0.1) is 0 Å². The highest BCUT2D eigenvalue weighted by Gasteiger charge is 2.21. The Morgan fingerprint density at radius 2 is 1.80 bits per heavy atom. The van der Waals surface area contributed by atoms with E-state index in [1.165, 1.54) is 6.08 Å². The predicted octanol–water partition coefficient (Wildman–Crippen LogP) is 2.60. The van der Waals surface area contributed by atoms with Crippen LogP contribution in [0.3, 0.4) is 0 Å². The molecule has 0 fully saturated rings. The predicted molar refractivity (Wildman–Crippen MR) is 103 cm³/mol. The summed E-state index contributed by atoms with van der Waals surface area (Å²) in [6, 6.07) is 10.0. The minimum absolute atomic E-state index is 0.163. The number of benzene rings is 1. The minimum atomic E-state index is -0.190. The van der Waals surface area contributed by atoms with Gasteiger partial charge in [-0.05, 0) is 33.3 Å². The minimum Gasteiger partial charge on any atom is -0.402 e. The molecule has 1 unspecified atom stereocenters. The van der Waals surface area contributed by atoms with Crippen molar-refractivity contribution in [1.29, 1.82) is 0 Å². The fraction of sp³-hybridized carbons (Fsp3) is 0.550. The Balaban J connectivity index is 2.70. The smallest absolute Gasteiger partial charge is 0.245 e. The van der Waals surface area contributed by atoms with Crippen molar-refractivity contribution in [3.05, 3.63) is 47.7 Å². The van der Waals surface area contributed by atoms with Crippen molar-refractivity contribution in [1.82, 2.24) is 5.32 Å². The molecule has 0 aromatic heterocycles. The van der Waals surface area contributed by atoms with Crippen LogP contribution < -0.4 is 11.1 Å². The van der Waals surface area contributed by atoms with Gasteiger partial charge in [0.25, 0.3) is 0 Å². The number of allylic oxidation sites excluding steroid dienone is 1. The fourth-order valence-corrected chi connectivity index (χ4v) is 2.93. The number of hydrogen-bond donors (Lipinski definition) is 2. The third kappa shape index (κ3) is 7.28. The maximum Gasteiger partial charge on any atom is 0.245 e. The summed E-state index contributed by atoms with van der Waals surface area (Å²) in [6.45, 7) is 13.7. The Bertz CT molecular complexity index is 527. The van der Waals surface area contributed by atoms with Gasteiger partial charge in [0.05, 0.1) is 26.2 Å². The Hall–Kier alpha value is -1.85. The summed E-state index contributed by atoms with van der Waals surface area (Å²) in [7, 11) is 0. The van der Waals surface area contributed by atoms with E-state index in [4.69, 9.17) is 10.5 Å². The molecule has 0 saturated heterocycles. The lowest BCUT2D eigenvalue weighted by atomic mass is 10.1. The van der Waals surface area contributed by atoms with Crippen LogP contribution in [-0.4, -0.2) is 49.7 Å². The number of carbonyl (C=O) groups excluding carboxylic acids is 1. The van der Waals surface area contributed by atoms with Crippen molar-refractivity contribution in [3.8, 4) is 0 Å². The van der Waals surface area contributed by atoms with Crippen LogP contribution in [0.2, 0.25) is 0 Å². The molecule has 0 aliphatic carbocycles. The summed E-state index contributed by atoms with van der Waals surface area (Å²) < 4.78 is 7.21. The highest BCUT2D eigenvalue weighted by Crippen LogP contribution is 2.17. The Kier molecular flexibility index (Phi) is 9.24. The SMILES string of the molecule is CC[N+](CC)(CC)CCOC(CNC(=O)C=C(C)N)c1ccccc1. The zero-order valence-electron chi connectivity index (χ0n) is 16.1. The van der Waals surface area contributed by atoms with Crippen molar-refractivity contribution < 1.29 is 14.0 Å². The Morgan fingerprint density at radius 1 is 1.20 bits per heavy atom. The fourth-order valence-electron chi connectivity index (χ4n) is 2.93. The van der Waals surface area contributed by atoms with Crippen molar-refractivity contribution in [2.45, 2.75) is 33.8 Å². The second-order valence-electron chi connectivity index (χ2n) is 6.42. The van der Waals surface area contributed by atoms with E-state index in [0.29, 0.717) is 18.8 Å². The Morgan fingerprint density at radius 3 is 2.32 bits per heavy atom. The molecular weight excluding hydrogens is 314 g/mol. The molecule has 3 N–H and O–H groups in total. The van der Waals surface area contributed by atoms with Crippen LogP contribution in [0.1, 0.15) is 39.4 Å². The van der Waals surface area contributed by atoms with Gasteiger partial charge >= 0.3 is 0 Å². The number of nitrogens with one attached hydrogen (secondary N) is 1. The van der Waals surface area contributed by atoms with Gasteiger partial charge in [-0.25, -0.2) is 0 Å². The lowest BCUT2D eigenvalue weighted by Gasteiger charge is -2.36. The van der Waals surface area contributed by atoms with Gasteiger partial charge in [-0.1, -0.05) is 30.3 Å². The molecule has 1 amide bonds. The monoisotopic (exact) mass is 348 g/mol. The van der Waals surface area contributed by atoms with Gasteiger partial charge in [0, 0.05) is 18.3 Å².